The van der Waals surface area contributed by atoms with Crippen LogP contribution in [0.4, 0.5) is 0 Å². The molecule has 0 unspecified atom stereocenters. The molecule has 0 fully saturated rings. The molecule has 48 heavy (non-hydrogen) atoms. The van der Waals surface area contributed by atoms with Gasteiger partial charge in [-0.2, -0.15) is 0 Å². The van der Waals surface area contributed by atoms with Crippen molar-refractivity contribution >= 4 is 33.8 Å². The lowest BCUT2D eigenvalue weighted by molar-refractivity contribution is -0.115. The summed E-state index contributed by atoms with van der Waals surface area (Å²) in [5.74, 6) is 2.23. The molecule has 0 aliphatic rings. The van der Waals surface area contributed by atoms with Crippen molar-refractivity contribution in [3.05, 3.63) is 0 Å². The zero-order valence-corrected chi connectivity index (χ0v) is 34.2. The Morgan fingerprint density at radius 1 is 0.479 bits per heavy atom. The van der Waals surface area contributed by atoms with Crippen molar-refractivity contribution in [1.29, 1.82) is 0 Å². The third kappa shape index (κ3) is 34.4. The fraction of sp³-hybridized carbons (Fsp3) is 0.952. The van der Waals surface area contributed by atoms with Crippen LogP contribution in [0.2, 0.25) is 0 Å². The molecule has 0 amide bonds. The maximum absolute atomic E-state index is 13.1. The van der Waals surface area contributed by atoms with Crippen molar-refractivity contribution in [2.45, 2.75) is 213 Å². The summed E-state index contributed by atoms with van der Waals surface area (Å²) in [6.45, 7) is 9.92. The van der Waals surface area contributed by atoms with Gasteiger partial charge < -0.3 is 10.0 Å². The van der Waals surface area contributed by atoms with E-state index < -0.39 is 0 Å². The smallest absolute Gasteiger partial charge is 0.192 e. The SMILES string of the molecule is CCCCCCCCCC(=O)SCCCCCCN(CCO)CCCCCCSC(=O)C(CCCCCCCC)CCCCCCCC. The molecular weight excluding hydrogens is 631 g/mol. The monoisotopic (exact) mass is 714 g/mol. The van der Waals surface area contributed by atoms with Crippen LogP contribution in [-0.4, -0.2) is 58.0 Å². The van der Waals surface area contributed by atoms with Crippen molar-refractivity contribution in [3.63, 3.8) is 0 Å². The summed E-state index contributed by atoms with van der Waals surface area (Å²) >= 11 is 3.18. The largest absolute Gasteiger partial charge is 0.395 e. The highest BCUT2D eigenvalue weighted by Gasteiger charge is 2.18. The molecule has 0 radical (unpaired) electrons. The molecule has 0 saturated heterocycles. The van der Waals surface area contributed by atoms with Gasteiger partial charge in [0.2, 0.25) is 0 Å². The zero-order valence-electron chi connectivity index (χ0n) is 32.6. The van der Waals surface area contributed by atoms with Gasteiger partial charge in [-0.05, 0) is 58.0 Å². The minimum Gasteiger partial charge on any atom is -0.395 e. The molecule has 0 bridgehead atoms. The number of carbonyl (C=O) groups is 2. The summed E-state index contributed by atoms with van der Waals surface area (Å²) < 4.78 is 0. The van der Waals surface area contributed by atoms with E-state index in [-0.39, 0.29) is 12.5 Å². The van der Waals surface area contributed by atoms with Crippen LogP contribution < -0.4 is 0 Å². The lowest BCUT2D eigenvalue weighted by Crippen LogP contribution is -2.29. The Morgan fingerprint density at radius 2 is 0.875 bits per heavy atom. The van der Waals surface area contributed by atoms with E-state index in [0.717, 1.165) is 69.7 Å². The van der Waals surface area contributed by atoms with Crippen LogP contribution in [0.1, 0.15) is 213 Å². The summed E-state index contributed by atoms with van der Waals surface area (Å²) in [7, 11) is 0. The Bertz CT molecular complexity index is 661. The minimum atomic E-state index is 0.231. The summed E-state index contributed by atoms with van der Waals surface area (Å²) in [4.78, 5) is 27.7. The molecule has 0 saturated carbocycles. The van der Waals surface area contributed by atoms with Crippen molar-refractivity contribution in [2.24, 2.45) is 5.92 Å². The van der Waals surface area contributed by atoms with Gasteiger partial charge in [-0.1, -0.05) is 186 Å². The van der Waals surface area contributed by atoms with Gasteiger partial charge in [-0.3, -0.25) is 9.59 Å². The number of thioether (sulfide) groups is 2. The maximum Gasteiger partial charge on any atom is 0.192 e. The Balaban J connectivity index is 3.99. The quantitative estimate of drug-likeness (QED) is 0.0640. The first kappa shape index (κ1) is 48.0. The van der Waals surface area contributed by atoms with Crippen molar-refractivity contribution < 1.29 is 14.7 Å². The molecule has 0 aliphatic heterocycles. The summed E-state index contributed by atoms with van der Waals surface area (Å²) in [5, 5.41) is 10.4. The first-order valence-corrected chi connectivity index (χ1v) is 23.2. The first-order valence-electron chi connectivity index (χ1n) is 21.2. The van der Waals surface area contributed by atoms with E-state index in [0.29, 0.717) is 10.2 Å². The Hall–Kier alpha value is -0.0400. The summed E-state index contributed by atoms with van der Waals surface area (Å²) in [6.07, 6.45) is 36.9. The van der Waals surface area contributed by atoms with E-state index in [1.807, 2.05) is 0 Å². The summed E-state index contributed by atoms with van der Waals surface area (Å²) in [6, 6.07) is 0. The normalized spacial score (nSPS) is 11.7. The highest BCUT2D eigenvalue weighted by molar-refractivity contribution is 8.13. The van der Waals surface area contributed by atoms with Gasteiger partial charge in [-0.15, -0.1) is 0 Å². The second-order valence-electron chi connectivity index (χ2n) is 14.5. The van der Waals surface area contributed by atoms with Gasteiger partial charge in [0.15, 0.2) is 10.2 Å². The number of aliphatic hydroxyl groups is 1. The van der Waals surface area contributed by atoms with Crippen LogP contribution in [0.25, 0.3) is 0 Å². The number of hydrogen-bond donors (Lipinski definition) is 1. The molecule has 0 heterocycles. The molecule has 6 heteroatoms. The third-order valence-electron chi connectivity index (χ3n) is 9.79. The molecular formula is C42H83NO3S2. The van der Waals surface area contributed by atoms with Crippen LogP contribution in [-0.2, 0) is 9.59 Å². The molecule has 0 spiro atoms. The van der Waals surface area contributed by atoms with Gasteiger partial charge in [0.25, 0.3) is 0 Å². The van der Waals surface area contributed by atoms with E-state index in [9.17, 15) is 14.7 Å². The van der Waals surface area contributed by atoms with Gasteiger partial charge in [0.1, 0.15) is 0 Å². The number of rotatable bonds is 39. The average molecular weight is 714 g/mol. The highest BCUT2D eigenvalue weighted by atomic mass is 32.2. The number of carbonyl (C=O) groups excluding carboxylic acids is 2. The molecule has 0 aromatic carbocycles. The fourth-order valence-corrected chi connectivity index (χ4v) is 8.44. The second-order valence-corrected chi connectivity index (χ2v) is 16.7. The third-order valence-corrected chi connectivity index (χ3v) is 11.9. The highest BCUT2D eigenvalue weighted by Crippen LogP contribution is 2.25. The van der Waals surface area contributed by atoms with Crippen LogP contribution in [0, 0.1) is 5.92 Å². The molecule has 0 atom stereocenters. The minimum absolute atomic E-state index is 0.231. The average Bonchev–Trinajstić information content (AvgIpc) is 3.08. The summed E-state index contributed by atoms with van der Waals surface area (Å²) in [5.41, 5.74) is 0. The van der Waals surface area contributed by atoms with E-state index >= 15 is 0 Å². The van der Waals surface area contributed by atoms with Crippen LogP contribution in [0.3, 0.4) is 0 Å². The van der Waals surface area contributed by atoms with Gasteiger partial charge in [-0.25, -0.2) is 0 Å². The molecule has 0 rings (SSSR count). The number of hydrogen-bond acceptors (Lipinski definition) is 6. The zero-order chi connectivity index (χ0) is 35.2. The Labute approximate surface area is 309 Å². The van der Waals surface area contributed by atoms with Crippen LogP contribution >= 0.6 is 23.5 Å². The molecule has 4 nitrogen and oxygen atoms in total. The van der Waals surface area contributed by atoms with E-state index in [4.69, 9.17) is 0 Å². The number of aliphatic hydroxyl groups excluding tert-OH is 1. The Kier molecular flexibility index (Phi) is 39.7. The van der Waals surface area contributed by atoms with Crippen LogP contribution in [0.15, 0.2) is 0 Å². The molecule has 0 aromatic rings. The predicted octanol–water partition coefficient (Wildman–Crippen LogP) is 13.2. The molecule has 286 valence electrons. The number of nitrogens with zero attached hydrogens (tertiary/aromatic N) is 1. The van der Waals surface area contributed by atoms with Gasteiger partial charge in [0.05, 0.1) is 6.61 Å². The van der Waals surface area contributed by atoms with E-state index in [2.05, 4.69) is 25.7 Å². The standard InChI is InChI=1S/C42H83NO3S2/c1-4-7-10-13-16-19-26-33-41(45)47-38-29-22-20-27-34-43(36-37-44)35-28-21-23-30-39-48-42(46)40(31-24-17-14-11-8-5-2)32-25-18-15-12-9-6-3/h40,44H,4-39H2,1-3H3. The second kappa shape index (κ2) is 39.7. The topological polar surface area (TPSA) is 57.6 Å². The molecule has 0 aliphatic carbocycles. The fourth-order valence-electron chi connectivity index (χ4n) is 6.56. The van der Waals surface area contributed by atoms with Crippen molar-refractivity contribution in [1.82, 2.24) is 4.90 Å². The van der Waals surface area contributed by atoms with Gasteiger partial charge >= 0.3 is 0 Å². The molecule has 0 aromatic heterocycles. The molecule has 1 N–H and O–H groups in total. The van der Waals surface area contributed by atoms with Gasteiger partial charge in [0, 0.05) is 30.4 Å². The lowest BCUT2D eigenvalue weighted by atomic mass is 9.95. The van der Waals surface area contributed by atoms with E-state index in [1.165, 1.54) is 154 Å². The predicted molar refractivity (Wildman–Crippen MR) is 217 cm³/mol. The Morgan fingerprint density at radius 3 is 1.35 bits per heavy atom. The van der Waals surface area contributed by atoms with Crippen molar-refractivity contribution in [3.8, 4) is 0 Å². The number of unbranched alkanes of at least 4 members (excludes halogenated alkanes) is 22. The first-order chi connectivity index (χ1) is 23.6. The van der Waals surface area contributed by atoms with Crippen LogP contribution in [0.5, 0.6) is 0 Å². The maximum atomic E-state index is 13.1. The lowest BCUT2D eigenvalue weighted by Gasteiger charge is -2.21. The van der Waals surface area contributed by atoms with Crippen molar-refractivity contribution in [2.75, 3.05) is 37.7 Å². The van der Waals surface area contributed by atoms with E-state index in [1.54, 1.807) is 23.5 Å².